The molecule has 2 N–H and O–H groups in total. The Kier molecular flexibility index (Phi) is 11.3. The predicted molar refractivity (Wildman–Crippen MR) is 112 cm³/mol. The van der Waals surface area contributed by atoms with Gasteiger partial charge in [0.15, 0.2) is 5.96 Å². The molecule has 0 amide bonds. The van der Waals surface area contributed by atoms with Gasteiger partial charge in [-0.05, 0) is 37.9 Å². The van der Waals surface area contributed by atoms with Crippen molar-refractivity contribution in [2.75, 3.05) is 40.8 Å². The van der Waals surface area contributed by atoms with Crippen molar-refractivity contribution >= 4 is 29.9 Å². The molecule has 0 aliphatic heterocycles. The standard InChI is InChI=1S/C18H32N4.HI/c1-18(2,15-22(4)5)14-21-17(19-3)20-13-9-12-16-10-7-6-8-11-16;/h6-8,10-11H,9,12-15H2,1-5H3,(H2,19,20,21);1H. The zero-order valence-electron chi connectivity index (χ0n) is 15.2. The highest BCUT2D eigenvalue weighted by Gasteiger charge is 2.19. The monoisotopic (exact) mass is 432 g/mol. The molecular weight excluding hydrogens is 399 g/mol. The Morgan fingerprint density at radius 2 is 1.78 bits per heavy atom. The van der Waals surface area contributed by atoms with Gasteiger partial charge in [-0.3, -0.25) is 4.99 Å². The third-order valence-corrected chi connectivity index (χ3v) is 3.48. The zero-order chi connectivity index (χ0) is 16.4. The van der Waals surface area contributed by atoms with E-state index in [0.29, 0.717) is 0 Å². The first kappa shape index (κ1) is 22.2. The maximum atomic E-state index is 4.30. The molecule has 0 radical (unpaired) electrons. The molecular formula is C18H33IN4. The number of rotatable bonds is 8. The van der Waals surface area contributed by atoms with Crippen LogP contribution in [0.1, 0.15) is 25.8 Å². The van der Waals surface area contributed by atoms with E-state index in [9.17, 15) is 0 Å². The van der Waals surface area contributed by atoms with Gasteiger partial charge in [0.05, 0.1) is 0 Å². The van der Waals surface area contributed by atoms with Crippen molar-refractivity contribution in [3.05, 3.63) is 35.9 Å². The first-order valence-corrected chi connectivity index (χ1v) is 8.06. The maximum absolute atomic E-state index is 4.30. The third-order valence-electron chi connectivity index (χ3n) is 3.48. The summed E-state index contributed by atoms with van der Waals surface area (Å²) in [6.45, 7) is 7.42. The van der Waals surface area contributed by atoms with Crippen molar-refractivity contribution in [3.8, 4) is 0 Å². The Morgan fingerprint density at radius 1 is 1.13 bits per heavy atom. The van der Waals surface area contributed by atoms with Crippen LogP contribution in [0.2, 0.25) is 0 Å². The van der Waals surface area contributed by atoms with E-state index in [2.05, 4.69) is 78.8 Å². The number of hydrogen-bond acceptors (Lipinski definition) is 2. The van der Waals surface area contributed by atoms with E-state index < -0.39 is 0 Å². The van der Waals surface area contributed by atoms with Gasteiger partial charge in [-0.25, -0.2) is 0 Å². The lowest BCUT2D eigenvalue weighted by Crippen LogP contribution is -2.45. The predicted octanol–water partition coefficient (Wildman–Crippen LogP) is 2.99. The Balaban J connectivity index is 0.00000484. The lowest BCUT2D eigenvalue weighted by molar-refractivity contribution is 0.241. The summed E-state index contributed by atoms with van der Waals surface area (Å²) in [5.41, 5.74) is 1.60. The Labute approximate surface area is 159 Å². The maximum Gasteiger partial charge on any atom is 0.190 e. The van der Waals surface area contributed by atoms with E-state index in [1.807, 2.05) is 7.05 Å². The number of nitrogens with one attached hydrogen (secondary N) is 2. The van der Waals surface area contributed by atoms with Crippen LogP contribution >= 0.6 is 24.0 Å². The van der Waals surface area contributed by atoms with Gasteiger partial charge in [0.25, 0.3) is 0 Å². The van der Waals surface area contributed by atoms with Crippen LogP contribution in [0.4, 0.5) is 0 Å². The minimum atomic E-state index is 0. The molecule has 0 saturated carbocycles. The summed E-state index contributed by atoms with van der Waals surface area (Å²) in [5.74, 6) is 0.889. The second kappa shape index (κ2) is 11.7. The summed E-state index contributed by atoms with van der Waals surface area (Å²) < 4.78 is 0. The van der Waals surface area contributed by atoms with Gasteiger partial charge in [-0.15, -0.1) is 24.0 Å². The quantitative estimate of drug-likeness (QED) is 0.287. The van der Waals surface area contributed by atoms with Crippen molar-refractivity contribution in [1.29, 1.82) is 0 Å². The first-order valence-electron chi connectivity index (χ1n) is 8.06. The number of nitrogens with zero attached hydrogens (tertiary/aromatic N) is 2. The molecule has 0 spiro atoms. The topological polar surface area (TPSA) is 39.7 Å². The minimum absolute atomic E-state index is 0. The van der Waals surface area contributed by atoms with Crippen molar-refractivity contribution in [2.24, 2.45) is 10.4 Å². The lowest BCUT2D eigenvalue weighted by Gasteiger charge is -2.29. The molecule has 0 atom stereocenters. The normalized spacial score (nSPS) is 12.0. The number of hydrogen-bond donors (Lipinski definition) is 2. The van der Waals surface area contributed by atoms with Gasteiger partial charge < -0.3 is 15.5 Å². The average molecular weight is 432 g/mol. The second-order valence-electron chi connectivity index (χ2n) is 6.84. The molecule has 1 rings (SSSR count). The minimum Gasteiger partial charge on any atom is -0.356 e. The van der Waals surface area contributed by atoms with Crippen LogP contribution in [0.5, 0.6) is 0 Å². The molecule has 1 aromatic rings. The number of benzene rings is 1. The molecule has 0 unspecified atom stereocenters. The molecule has 0 bridgehead atoms. The van der Waals surface area contributed by atoms with E-state index >= 15 is 0 Å². The van der Waals surface area contributed by atoms with Crippen LogP contribution in [-0.2, 0) is 6.42 Å². The van der Waals surface area contributed by atoms with Crippen LogP contribution in [0.25, 0.3) is 0 Å². The third kappa shape index (κ3) is 10.5. The SMILES string of the molecule is CN=C(NCCCc1ccccc1)NCC(C)(C)CN(C)C.I. The Morgan fingerprint density at radius 3 is 2.35 bits per heavy atom. The van der Waals surface area contributed by atoms with Gasteiger partial charge in [-0.2, -0.15) is 0 Å². The van der Waals surface area contributed by atoms with Gasteiger partial charge >= 0.3 is 0 Å². The fourth-order valence-corrected chi connectivity index (χ4v) is 2.60. The highest BCUT2D eigenvalue weighted by atomic mass is 127. The number of guanidine groups is 1. The van der Waals surface area contributed by atoms with Crippen LogP contribution in [-0.4, -0.2) is 51.6 Å². The van der Waals surface area contributed by atoms with Gasteiger partial charge in [0.2, 0.25) is 0 Å². The van der Waals surface area contributed by atoms with Gasteiger partial charge in [0, 0.05) is 26.7 Å². The van der Waals surface area contributed by atoms with Crippen molar-refractivity contribution in [2.45, 2.75) is 26.7 Å². The number of aryl methyl sites for hydroxylation is 1. The van der Waals surface area contributed by atoms with Crippen molar-refractivity contribution < 1.29 is 0 Å². The second-order valence-corrected chi connectivity index (χ2v) is 6.84. The van der Waals surface area contributed by atoms with Crippen molar-refractivity contribution in [3.63, 3.8) is 0 Å². The van der Waals surface area contributed by atoms with E-state index in [0.717, 1.165) is 38.4 Å². The van der Waals surface area contributed by atoms with E-state index in [4.69, 9.17) is 0 Å². The molecule has 0 heterocycles. The van der Waals surface area contributed by atoms with Gasteiger partial charge in [0.1, 0.15) is 0 Å². The zero-order valence-corrected chi connectivity index (χ0v) is 17.6. The smallest absolute Gasteiger partial charge is 0.190 e. The Bertz CT molecular complexity index is 444. The van der Waals surface area contributed by atoms with Crippen LogP contribution in [0.15, 0.2) is 35.3 Å². The Hall–Kier alpha value is -0.820. The summed E-state index contributed by atoms with van der Waals surface area (Å²) >= 11 is 0. The molecule has 4 nitrogen and oxygen atoms in total. The highest BCUT2D eigenvalue weighted by Crippen LogP contribution is 2.13. The molecule has 132 valence electrons. The van der Waals surface area contributed by atoms with Gasteiger partial charge in [-0.1, -0.05) is 44.2 Å². The molecule has 23 heavy (non-hydrogen) atoms. The first-order chi connectivity index (χ1) is 10.4. The summed E-state index contributed by atoms with van der Waals surface area (Å²) in [7, 11) is 6.04. The fourth-order valence-electron chi connectivity index (χ4n) is 2.60. The van der Waals surface area contributed by atoms with Crippen molar-refractivity contribution in [1.82, 2.24) is 15.5 Å². The molecule has 0 saturated heterocycles. The van der Waals surface area contributed by atoms with E-state index in [1.165, 1.54) is 5.56 Å². The molecule has 1 aromatic carbocycles. The van der Waals surface area contributed by atoms with Crippen LogP contribution in [0.3, 0.4) is 0 Å². The fraction of sp³-hybridized carbons (Fsp3) is 0.611. The summed E-state index contributed by atoms with van der Waals surface area (Å²) in [6.07, 6.45) is 2.20. The molecule has 0 aliphatic carbocycles. The molecule has 0 aliphatic rings. The highest BCUT2D eigenvalue weighted by molar-refractivity contribution is 14.0. The molecule has 5 heteroatoms. The number of halogens is 1. The van der Waals surface area contributed by atoms with Crippen LogP contribution < -0.4 is 10.6 Å². The average Bonchev–Trinajstić information content (AvgIpc) is 2.46. The summed E-state index contributed by atoms with van der Waals surface area (Å²) in [5, 5.41) is 6.82. The summed E-state index contributed by atoms with van der Waals surface area (Å²) in [6, 6.07) is 10.6. The lowest BCUT2D eigenvalue weighted by atomic mass is 9.93. The van der Waals surface area contributed by atoms with Crippen LogP contribution in [0, 0.1) is 5.41 Å². The van der Waals surface area contributed by atoms with E-state index in [-0.39, 0.29) is 29.4 Å². The largest absolute Gasteiger partial charge is 0.356 e. The van der Waals surface area contributed by atoms with E-state index in [1.54, 1.807) is 0 Å². The molecule has 0 fully saturated rings. The number of aliphatic imine (C=N–C) groups is 1. The summed E-state index contributed by atoms with van der Waals surface area (Å²) in [4.78, 5) is 6.52. The molecule has 0 aromatic heterocycles.